The molecule has 0 amide bonds. The lowest BCUT2D eigenvalue weighted by Gasteiger charge is -2.13. The van der Waals surface area contributed by atoms with Gasteiger partial charge in [-0.3, -0.25) is 4.79 Å². The second-order valence-corrected chi connectivity index (χ2v) is 6.32. The normalized spacial score (nSPS) is 18.4. The first kappa shape index (κ1) is 13.7. The number of hydrogen-bond donors (Lipinski definition) is 0. The molecule has 1 heterocycles. The molecule has 1 aliphatic heterocycles. The van der Waals surface area contributed by atoms with Crippen molar-refractivity contribution in [2.45, 2.75) is 56.1 Å². The summed E-state index contributed by atoms with van der Waals surface area (Å²) in [5.41, 5.74) is 0.940. The van der Waals surface area contributed by atoms with Gasteiger partial charge >= 0.3 is 0 Å². The molecule has 0 saturated carbocycles. The van der Waals surface area contributed by atoms with Crippen molar-refractivity contribution in [3.8, 4) is 0 Å². The molecule has 2 rings (SSSR count). The Hall–Kier alpha value is -0.760. The van der Waals surface area contributed by atoms with E-state index in [1.807, 2.05) is 18.2 Å². The first-order chi connectivity index (χ1) is 8.76. The van der Waals surface area contributed by atoms with E-state index in [1.165, 1.54) is 30.6 Å². The van der Waals surface area contributed by atoms with Crippen LogP contribution in [0, 0.1) is 5.92 Å². The van der Waals surface area contributed by atoms with Crippen molar-refractivity contribution in [2.24, 2.45) is 5.92 Å². The zero-order valence-electron chi connectivity index (χ0n) is 11.3. The topological polar surface area (TPSA) is 17.1 Å². The van der Waals surface area contributed by atoms with E-state index < -0.39 is 0 Å². The molecule has 1 aliphatic rings. The summed E-state index contributed by atoms with van der Waals surface area (Å²) in [6.45, 7) is 4.53. The number of fused-ring (bicyclic) bond motifs is 1. The Morgan fingerprint density at radius 3 is 2.61 bits per heavy atom. The average Bonchev–Trinajstić information content (AvgIpc) is 2.72. The van der Waals surface area contributed by atoms with Crippen LogP contribution >= 0.6 is 11.8 Å². The Bertz CT molecular complexity index is 409. The second kappa shape index (κ2) is 6.42. The zero-order chi connectivity index (χ0) is 13.0. The van der Waals surface area contributed by atoms with E-state index in [0.29, 0.717) is 5.78 Å². The highest BCUT2D eigenvalue weighted by atomic mass is 32.2. The Morgan fingerprint density at radius 2 is 1.94 bits per heavy atom. The van der Waals surface area contributed by atoms with Crippen LogP contribution in [0.4, 0.5) is 0 Å². The molecule has 1 aromatic rings. The summed E-state index contributed by atoms with van der Waals surface area (Å²) in [5, 5.41) is 0.178. The van der Waals surface area contributed by atoms with E-state index in [4.69, 9.17) is 0 Å². The third-order valence-electron chi connectivity index (χ3n) is 3.95. The van der Waals surface area contributed by atoms with Crippen LogP contribution in [0.15, 0.2) is 29.2 Å². The SMILES string of the molecule is CCC(CC)CCCC1Sc2ccccc2C1=O. The molecule has 0 N–H and O–H groups in total. The van der Waals surface area contributed by atoms with Gasteiger partial charge < -0.3 is 0 Å². The largest absolute Gasteiger partial charge is 0.293 e. The van der Waals surface area contributed by atoms with Crippen LogP contribution in [-0.4, -0.2) is 11.0 Å². The maximum absolute atomic E-state index is 12.2. The fourth-order valence-corrected chi connectivity index (χ4v) is 3.91. The van der Waals surface area contributed by atoms with Crippen LogP contribution < -0.4 is 0 Å². The Labute approximate surface area is 114 Å². The van der Waals surface area contributed by atoms with Crippen molar-refractivity contribution < 1.29 is 4.79 Å². The molecule has 18 heavy (non-hydrogen) atoms. The van der Waals surface area contributed by atoms with Gasteiger partial charge in [0.1, 0.15) is 0 Å². The summed E-state index contributed by atoms with van der Waals surface area (Å²) in [5.74, 6) is 1.19. The van der Waals surface area contributed by atoms with Crippen molar-refractivity contribution in [1.82, 2.24) is 0 Å². The molecule has 0 radical (unpaired) electrons. The molecule has 2 heteroatoms. The summed E-state index contributed by atoms with van der Waals surface area (Å²) in [6, 6.07) is 8.01. The number of Topliss-reactive ketones (excluding diaryl/α,β-unsaturated/α-hetero) is 1. The number of rotatable bonds is 6. The molecule has 98 valence electrons. The predicted molar refractivity (Wildman–Crippen MR) is 78.3 cm³/mol. The summed E-state index contributed by atoms with van der Waals surface area (Å²) in [7, 11) is 0. The molecule has 0 saturated heterocycles. The fraction of sp³-hybridized carbons (Fsp3) is 0.562. The highest BCUT2D eigenvalue weighted by Gasteiger charge is 2.30. The second-order valence-electron chi connectivity index (χ2n) is 5.08. The van der Waals surface area contributed by atoms with Gasteiger partial charge in [0.2, 0.25) is 0 Å². The molecule has 1 aromatic carbocycles. The molecule has 1 unspecified atom stereocenters. The zero-order valence-corrected chi connectivity index (χ0v) is 12.1. The number of carbonyl (C=O) groups is 1. The highest BCUT2D eigenvalue weighted by molar-refractivity contribution is 8.01. The van der Waals surface area contributed by atoms with Crippen LogP contribution in [0.1, 0.15) is 56.3 Å². The lowest BCUT2D eigenvalue weighted by atomic mass is 9.95. The van der Waals surface area contributed by atoms with E-state index in [1.54, 1.807) is 11.8 Å². The van der Waals surface area contributed by atoms with Crippen molar-refractivity contribution in [2.75, 3.05) is 0 Å². The molecule has 1 nitrogen and oxygen atoms in total. The molecule has 0 spiro atoms. The first-order valence-electron chi connectivity index (χ1n) is 7.06. The quantitative estimate of drug-likeness (QED) is 0.721. The van der Waals surface area contributed by atoms with Crippen molar-refractivity contribution in [3.63, 3.8) is 0 Å². The molecule has 0 aliphatic carbocycles. The summed E-state index contributed by atoms with van der Waals surface area (Å²) >= 11 is 1.76. The predicted octanol–water partition coefficient (Wildman–Crippen LogP) is 4.95. The molecule has 0 fully saturated rings. The van der Waals surface area contributed by atoms with Crippen molar-refractivity contribution >= 4 is 17.5 Å². The van der Waals surface area contributed by atoms with Gasteiger partial charge in [-0.25, -0.2) is 0 Å². The Balaban J connectivity index is 1.85. The van der Waals surface area contributed by atoms with E-state index >= 15 is 0 Å². The van der Waals surface area contributed by atoms with Gasteiger partial charge in [0.05, 0.1) is 5.25 Å². The number of carbonyl (C=O) groups excluding carboxylic acids is 1. The van der Waals surface area contributed by atoms with Crippen LogP contribution in [0.3, 0.4) is 0 Å². The van der Waals surface area contributed by atoms with Gasteiger partial charge in [0.25, 0.3) is 0 Å². The molecule has 1 atom stereocenters. The highest BCUT2D eigenvalue weighted by Crippen LogP contribution is 2.39. The fourth-order valence-electron chi connectivity index (χ4n) is 2.63. The Kier molecular flexibility index (Phi) is 4.87. The van der Waals surface area contributed by atoms with E-state index in [2.05, 4.69) is 19.9 Å². The third kappa shape index (κ3) is 2.97. The summed E-state index contributed by atoms with van der Waals surface area (Å²) in [4.78, 5) is 13.4. The average molecular weight is 262 g/mol. The lowest BCUT2D eigenvalue weighted by molar-refractivity contribution is 0.0987. The van der Waals surface area contributed by atoms with Crippen LogP contribution in [0.5, 0.6) is 0 Å². The lowest BCUT2D eigenvalue weighted by Crippen LogP contribution is -2.12. The minimum Gasteiger partial charge on any atom is -0.293 e. The van der Waals surface area contributed by atoms with E-state index in [-0.39, 0.29) is 5.25 Å². The monoisotopic (exact) mass is 262 g/mol. The smallest absolute Gasteiger partial charge is 0.177 e. The summed E-state index contributed by atoms with van der Waals surface area (Å²) < 4.78 is 0. The minimum atomic E-state index is 0.178. The molecular formula is C16H22OS. The van der Waals surface area contributed by atoms with Gasteiger partial charge in [0, 0.05) is 10.5 Å². The van der Waals surface area contributed by atoms with Crippen LogP contribution in [0.25, 0.3) is 0 Å². The molecule has 0 aromatic heterocycles. The minimum absolute atomic E-state index is 0.178. The summed E-state index contributed by atoms with van der Waals surface area (Å²) in [6.07, 6.45) is 6.02. The number of benzene rings is 1. The first-order valence-corrected chi connectivity index (χ1v) is 7.94. The van der Waals surface area contributed by atoms with E-state index in [9.17, 15) is 4.79 Å². The number of ketones is 1. The molecular weight excluding hydrogens is 240 g/mol. The number of thioether (sulfide) groups is 1. The third-order valence-corrected chi connectivity index (χ3v) is 5.29. The van der Waals surface area contributed by atoms with Gasteiger partial charge in [-0.2, -0.15) is 0 Å². The van der Waals surface area contributed by atoms with Gasteiger partial charge in [0.15, 0.2) is 5.78 Å². The standard InChI is InChI=1S/C16H22OS/c1-3-12(4-2)8-7-11-15-16(17)13-9-5-6-10-14(13)18-15/h5-6,9-10,12,15H,3-4,7-8,11H2,1-2H3. The van der Waals surface area contributed by atoms with Crippen LogP contribution in [-0.2, 0) is 0 Å². The van der Waals surface area contributed by atoms with Crippen LogP contribution in [0.2, 0.25) is 0 Å². The maximum atomic E-state index is 12.2. The van der Waals surface area contributed by atoms with Crippen molar-refractivity contribution in [1.29, 1.82) is 0 Å². The van der Waals surface area contributed by atoms with Crippen molar-refractivity contribution in [3.05, 3.63) is 29.8 Å². The van der Waals surface area contributed by atoms with Gasteiger partial charge in [-0.1, -0.05) is 57.7 Å². The Morgan fingerprint density at radius 1 is 1.22 bits per heavy atom. The number of hydrogen-bond acceptors (Lipinski definition) is 2. The van der Waals surface area contributed by atoms with E-state index in [0.717, 1.165) is 17.9 Å². The van der Waals surface area contributed by atoms with Gasteiger partial charge in [-0.15, -0.1) is 11.8 Å². The van der Waals surface area contributed by atoms with Gasteiger partial charge in [-0.05, 0) is 18.4 Å². The molecule has 0 bridgehead atoms. The maximum Gasteiger partial charge on any atom is 0.177 e.